The summed E-state index contributed by atoms with van der Waals surface area (Å²) in [4.78, 5) is -0.00583. The van der Waals surface area contributed by atoms with Crippen molar-refractivity contribution in [1.82, 2.24) is 0 Å². The summed E-state index contributed by atoms with van der Waals surface area (Å²) in [5.74, 6) is -1.42. The number of hydrogen-bond donors (Lipinski definition) is 2. The molecule has 0 aromatic heterocycles. The van der Waals surface area contributed by atoms with Gasteiger partial charge in [0.2, 0.25) is 0 Å². The van der Waals surface area contributed by atoms with Gasteiger partial charge in [-0.3, -0.25) is 0 Å². The molecule has 0 spiro atoms. The summed E-state index contributed by atoms with van der Waals surface area (Å²) < 4.78 is 27.0. The fourth-order valence-electron chi connectivity index (χ4n) is 1.19. The Labute approximate surface area is 95.2 Å². The van der Waals surface area contributed by atoms with E-state index in [2.05, 4.69) is 0 Å². The Morgan fingerprint density at radius 1 is 1.20 bits per heavy atom. The molecule has 82 valence electrons. The molecule has 0 saturated carbocycles. The zero-order chi connectivity index (χ0) is 11.6. The molecule has 0 aliphatic rings. The van der Waals surface area contributed by atoms with Crippen molar-refractivity contribution in [3.8, 4) is 0 Å². The zero-order valence-corrected chi connectivity index (χ0v) is 9.75. The van der Waals surface area contributed by atoms with Gasteiger partial charge in [0, 0.05) is 15.3 Å². The molecule has 0 saturated heterocycles. The van der Waals surface area contributed by atoms with Crippen molar-refractivity contribution < 1.29 is 18.8 Å². The second-order valence-electron chi connectivity index (χ2n) is 2.70. The predicted molar refractivity (Wildman–Crippen MR) is 59.7 cm³/mol. The summed E-state index contributed by atoms with van der Waals surface area (Å²) in [5, 5.41) is 18.0. The topological polar surface area (TPSA) is 40.5 Å². The minimum Gasteiger partial charge on any atom is -0.423 e. The van der Waals surface area contributed by atoms with Crippen LogP contribution in [0.4, 0.5) is 8.78 Å². The van der Waals surface area contributed by atoms with Crippen LogP contribution in [0.2, 0.25) is 0 Å². The Kier molecular flexibility index (Phi) is 4.45. The maximum atomic E-state index is 13.6. The van der Waals surface area contributed by atoms with Gasteiger partial charge in [0.1, 0.15) is 11.6 Å². The van der Waals surface area contributed by atoms with E-state index in [0.29, 0.717) is 0 Å². The highest BCUT2D eigenvalue weighted by atomic mass is 32.2. The average Bonchev–Trinajstić information content (AvgIpc) is 2.19. The van der Waals surface area contributed by atoms with Gasteiger partial charge in [0.25, 0.3) is 0 Å². The van der Waals surface area contributed by atoms with Crippen LogP contribution in [-0.4, -0.2) is 29.7 Å². The Hall–Kier alpha value is -0.235. The lowest BCUT2D eigenvalue weighted by molar-refractivity contribution is 0.419. The third-order valence-electron chi connectivity index (χ3n) is 1.85. The molecule has 0 amide bonds. The molecule has 0 unspecified atom stereocenters. The van der Waals surface area contributed by atoms with Crippen molar-refractivity contribution in [1.29, 1.82) is 0 Å². The highest BCUT2D eigenvalue weighted by Crippen LogP contribution is 2.26. The van der Waals surface area contributed by atoms with Crippen LogP contribution in [0.25, 0.3) is 0 Å². The molecule has 0 fully saturated rings. The largest absolute Gasteiger partial charge is 0.492 e. The summed E-state index contributed by atoms with van der Waals surface area (Å²) in [6, 6.07) is 1.05. The molecule has 2 nitrogen and oxygen atoms in total. The zero-order valence-electron chi connectivity index (χ0n) is 8.12. The van der Waals surface area contributed by atoms with E-state index in [0.717, 1.165) is 29.6 Å². The fraction of sp³-hybridized carbons (Fsp3) is 0.250. The van der Waals surface area contributed by atoms with Gasteiger partial charge < -0.3 is 10.0 Å². The van der Waals surface area contributed by atoms with Crippen molar-refractivity contribution in [2.24, 2.45) is 0 Å². The Bertz CT molecular complexity index is 374. The van der Waals surface area contributed by atoms with E-state index in [1.165, 1.54) is 0 Å². The van der Waals surface area contributed by atoms with Crippen molar-refractivity contribution >= 4 is 36.1 Å². The van der Waals surface area contributed by atoms with Crippen LogP contribution in [0.15, 0.2) is 15.9 Å². The lowest BCUT2D eigenvalue weighted by atomic mass is 9.79. The predicted octanol–water partition coefficient (Wildman–Crippen LogP) is 1.09. The molecule has 0 radical (unpaired) electrons. The molecule has 1 rings (SSSR count). The quantitative estimate of drug-likeness (QED) is 0.622. The first-order chi connectivity index (χ1) is 7.02. The molecule has 0 bridgehead atoms. The number of thioether (sulfide) groups is 2. The van der Waals surface area contributed by atoms with E-state index >= 15 is 0 Å². The molecule has 7 heteroatoms. The van der Waals surface area contributed by atoms with Crippen LogP contribution in [0.5, 0.6) is 0 Å². The van der Waals surface area contributed by atoms with Crippen LogP contribution < -0.4 is 5.46 Å². The molecular formula is C8H9BF2O2S2. The normalized spacial score (nSPS) is 10.5. The average molecular weight is 250 g/mol. The minimum absolute atomic E-state index is 0.0633. The van der Waals surface area contributed by atoms with E-state index in [4.69, 9.17) is 10.0 Å². The molecule has 1 aromatic carbocycles. The van der Waals surface area contributed by atoms with Crippen molar-refractivity contribution in [2.75, 3.05) is 12.5 Å². The number of halogens is 2. The van der Waals surface area contributed by atoms with Gasteiger partial charge in [-0.15, -0.1) is 23.5 Å². The fourth-order valence-corrected chi connectivity index (χ4v) is 2.37. The number of benzene rings is 1. The Morgan fingerprint density at radius 2 is 1.80 bits per heavy atom. The molecule has 0 aliphatic heterocycles. The van der Waals surface area contributed by atoms with E-state index in [1.807, 2.05) is 0 Å². The molecule has 2 N–H and O–H groups in total. The van der Waals surface area contributed by atoms with Crippen molar-refractivity contribution in [2.45, 2.75) is 9.79 Å². The maximum absolute atomic E-state index is 13.6. The van der Waals surface area contributed by atoms with Crippen molar-refractivity contribution in [3.05, 3.63) is 17.7 Å². The Morgan fingerprint density at radius 3 is 2.20 bits per heavy atom. The van der Waals surface area contributed by atoms with Gasteiger partial charge in [0.05, 0.1) is 0 Å². The summed E-state index contributed by atoms with van der Waals surface area (Å²) in [6.07, 6.45) is 3.13. The first-order valence-electron chi connectivity index (χ1n) is 3.99. The summed E-state index contributed by atoms with van der Waals surface area (Å²) in [7, 11) is -2.01. The summed E-state index contributed by atoms with van der Waals surface area (Å²) in [5.41, 5.74) is -0.396. The second kappa shape index (κ2) is 5.20. The molecule has 15 heavy (non-hydrogen) atoms. The van der Waals surface area contributed by atoms with Crippen LogP contribution >= 0.6 is 23.5 Å². The lowest BCUT2D eigenvalue weighted by Crippen LogP contribution is -2.35. The molecular weight excluding hydrogens is 241 g/mol. The van der Waals surface area contributed by atoms with Crippen LogP contribution in [0, 0.1) is 11.6 Å². The SMILES string of the molecule is CSc1cc(F)c(SC)c(B(O)O)c1F. The van der Waals surface area contributed by atoms with Gasteiger partial charge in [-0.25, -0.2) is 8.78 Å². The summed E-state index contributed by atoms with van der Waals surface area (Å²) >= 11 is 1.95. The second-order valence-corrected chi connectivity index (χ2v) is 4.36. The minimum atomic E-state index is -2.01. The van der Waals surface area contributed by atoms with Gasteiger partial charge in [-0.1, -0.05) is 0 Å². The standard InChI is InChI=1S/C8H9BF2O2S2/c1-14-5-3-4(10)8(15-2)6(7(5)11)9(12)13/h3,12-13H,1-2H3. The van der Waals surface area contributed by atoms with Crippen LogP contribution in [-0.2, 0) is 0 Å². The maximum Gasteiger partial charge on any atom is 0.492 e. The monoisotopic (exact) mass is 250 g/mol. The summed E-state index contributed by atoms with van der Waals surface area (Å²) in [6.45, 7) is 0. The molecule has 1 aromatic rings. The van der Waals surface area contributed by atoms with Gasteiger partial charge in [0.15, 0.2) is 0 Å². The van der Waals surface area contributed by atoms with Gasteiger partial charge in [-0.05, 0) is 18.6 Å². The molecule has 0 aliphatic carbocycles. The van der Waals surface area contributed by atoms with Crippen molar-refractivity contribution in [3.63, 3.8) is 0 Å². The Balaban J connectivity index is 3.48. The highest BCUT2D eigenvalue weighted by Gasteiger charge is 2.26. The lowest BCUT2D eigenvalue weighted by Gasteiger charge is -2.11. The first-order valence-corrected chi connectivity index (χ1v) is 6.43. The van der Waals surface area contributed by atoms with E-state index < -0.39 is 24.2 Å². The van der Waals surface area contributed by atoms with Gasteiger partial charge >= 0.3 is 7.12 Å². The molecule has 0 atom stereocenters. The smallest absolute Gasteiger partial charge is 0.423 e. The molecule has 0 heterocycles. The van der Waals surface area contributed by atoms with E-state index in [1.54, 1.807) is 12.5 Å². The van der Waals surface area contributed by atoms with E-state index in [9.17, 15) is 8.78 Å². The number of rotatable bonds is 3. The first kappa shape index (κ1) is 12.8. The van der Waals surface area contributed by atoms with Crippen LogP contribution in [0.1, 0.15) is 0 Å². The third-order valence-corrected chi connectivity index (χ3v) is 3.41. The number of hydrogen-bond acceptors (Lipinski definition) is 4. The third kappa shape index (κ3) is 2.47. The van der Waals surface area contributed by atoms with E-state index in [-0.39, 0.29) is 9.79 Å². The van der Waals surface area contributed by atoms with Gasteiger partial charge in [-0.2, -0.15) is 0 Å². The highest BCUT2D eigenvalue weighted by molar-refractivity contribution is 7.99. The van der Waals surface area contributed by atoms with Crippen LogP contribution in [0.3, 0.4) is 0 Å².